The predicted octanol–water partition coefficient (Wildman–Crippen LogP) is 1.38. The molecule has 0 radical (unpaired) electrons. The zero-order valence-corrected chi connectivity index (χ0v) is 14.2. The third-order valence-corrected chi connectivity index (χ3v) is 4.68. The molecule has 2 atom stereocenters. The van der Waals surface area contributed by atoms with Gasteiger partial charge in [-0.1, -0.05) is 5.16 Å². The third-order valence-electron chi connectivity index (χ3n) is 4.68. The van der Waals surface area contributed by atoms with Gasteiger partial charge in [0.15, 0.2) is 0 Å². The molecule has 7 heteroatoms. The summed E-state index contributed by atoms with van der Waals surface area (Å²) in [6.45, 7) is 5.27. The fourth-order valence-corrected chi connectivity index (χ4v) is 3.52. The Kier molecular flexibility index (Phi) is 4.59. The number of rotatable bonds is 3. The maximum absolute atomic E-state index is 11.9. The second-order valence-electron chi connectivity index (χ2n) is 6.95. The maximum atomic E-state index is 11.9. The lowest BCUT2D eigenvalue weighted by Gasteiger charge is -2.38. The van der Waals surface area contributed by atoms with E-state index in [1.54, 1.807) is 19.0 Å². The number of aromatic nitrogens is 1. The highest BCUT2D eigenvalue weighted by Crippen LogP contribution is 2.34. The maximum Gasteiger partial charge on any atom is 0.317 e. The lowest BCUT2D eigenvalue weighted by atomic mass is 9.89. The average Bonchev–Trinajstić information content (AvgIpc) is 3.06. The standard InChI is InChI=1S/C16H26N4O3/c1-12-8-14(18-23-12)10-20-6-5-16(11-20)9-13(4-7-22-16)17-15(21)19(2)3/h8,13H,4-7,9-11H2,1-3H3,(H,17,21)/t13-,16-/m1/s1. The van der Waals surface area contributed by atoms with Gasteiger partial charge in [0, 0.05) is 52.4 Å². The van der Waals surface area contributed by atoms with E-state index in [-0.39, 0.29) is 17.7 Å². The monoisotopic (exact) mass is 322 g/mol. The molecule has 2 aliphatic rings. The number of ether oxygens (including phenoxy) is 1. The molecule has 1 spiro atoms. The van der Waals surface area contributed by atoms with E-state index >= 15 is 0 Å². The fraction of sp³-hybridized carbons (Fsp3) is 0.750. The molecule has 1 aromatic heterocycles. The number of amides is 2. The lowest BCUT2D eigenvalue weighted by Crippen LogP contribution is -2.51. The zero-order chi connectivity index (χ0) is 16.4. The fourth-order valence-electron chi connectivity index (χ4n) is 3.52. The van der Waals surface area contributed by atoms with Crippen molar-refractivity contribution in [3.05, 3.63) is 17.5 Å². The molecule has 1 N–H and O–H groups in total. The summed E-state index contributed by atoms with van der Waals surface area (Å²) in [4.78, 5) is 15.8. The van der Waals surface area contributed by atoms with Crippen LogP contribution in [-0.4, -0.2) is 66.4 Å². The van der Waals surface area contributed by atoms with Crippen molar-refractivity contribution >= 4 is 6.03 Å². The van der Waals surface area contributed by atoms with Crippen molar-refractivity contribution in [1.29, 1.82) is 0 Å². The molecule has 0 aromatic carbocycles. The Morgan fingerprint density at radius 3 is 3.09 bits per heavy atom. The third kappa shape index (κ3) is 3.84. The summed E-state index contributed by atoms with van der Waals surface area (Å²) >= 11 is 0. The van der Waals surface area contributed by atoms with Crippen LogP contribution in [0.25, 0.3) is 0 Å². The highest BCUT2D eigenvalue weighted by atomic mass is 16.5. The van der Waals surface area contributed by atoms with Gasteiger partial charge in [-0.3, -0.25) is 4.90 Å². The molecule has 128 valence electrons. The van der Waals surface area contributed by atoms with E-state index in [9.17, 15) is 4.79 Å². The van der Waals surface area contributed by atoms with Crippen LogP contribution in [0.15, 0.2) is 10.6 Å². The Hall–Kier alpha value is -1.60. The molecule has 2 aliphatic heterocycles. The first-order valence-corrected chi connectivity index (χ1v) is 8.22. The molecule has 3 rings (SSSR count). The summed E-state index contributed by atoms with van der Waals surface area (Å²) in [6, 6.07) is 2.14. The quantitative estimate of drug-likeness (QED) is 0.910. The van der Waals surface area contributed by atoms with Crippen molar-refractivity contribution in [2.45, 2.75) is 44.4 Å². The second-order valence-corrected chi connectivity index (χ2v) is 6.95. The van der Waals surface area contributed by atoms with Crippen molar-refractivity contribution in [2.75, 3.05) is 33.8 Å². The van der Waals surface area contributed by atoms with Crippen LogP contribution in [0.2, 0.25) is 0 Å². The van der Waals surface area contributed by atoms with Crippen LogP contribution in [0.5, 0.6) is 0 Å². The van der Waals surface area contributed by atoms with Gasteiger partial charge in [0.1, 0.15) is 5.76 Å². The summed E-state index contributed by atoms with van der Waals surface area (Å²) in [7, 11) is 3.53. The lowest BCUT2D eigenvalue weighted by molar-refractivity contribution is -0.0793. The molecule has 0 aliphatic carbocycles. The van der Waals surface area contributed by atoms with Crippen molar-refractivity contribution in [2.24, 2.45) is 0 Å². The van der Waals surface area contributed by atoms with Crippen LogP contribution < -0.4 is 5.32 Å². The van der Waals surface area contributed by atoms with Gasteiger partial charge >= 0.3 is 6.03 Å². The van der Waals surface area contributed by atoms with E-state index in [0.717, 1.165) is 50.4 Å². The molecule has 23 heavy (non-hydrogen) atoms. The first-order chi connectivity index (χ1) is 11.0. The largest absolute Gasteiger partial charge is 0.373 e. The van der Waals surface area contributed by atoms with Gasteiger partial charge in [-0.2, -0.15) is 0 Å². The Morgan fingerprint density at radius 2 is 2.39 bits per heavy atom. The highest BCUT2D eigenvalue weighted by Gasteiger charge is 2.43. The number of nitrogens with zero attached hydrogens (tertiary/aromatic N) is 3. The normalized spacial score (nSPS) is 28.2. The Morgan fingerprint density at radius 1 is 1.57 bits per heavy atom. The van der Waals surface area contributed by atoms with Crippen LogP contribution >= 0.6 is 0 Å². The molecular weight excluding hydrogens is 296 g/mol. The predicted molar refractivity (Wildman–Crippen MR) is 85.1 cm³/mol. The van der Waals surface area contributed by atoms with Crippen LogP contribution in [0.3, 0.4) is 0 Å². The van der Waals surface area contributed by atoms with E-state index in [0.29, 0.717) is 6.61 Å². The smallest absolute Gasteiger partial charge is 0.317 e. The van der Waals surface area contributed by atoms with Gasteiger partial charge in [0.25, 0.3) is 0 Å². The average molecular weight is 322 g/mol. The minimum absolute atomic E-state index is 0.0278. The molecule has 2 amide bonds. The Bertz CT molecular complexity index is 559. The minimum Gasteiger partial charge on any atom is -0.373 e. The van der Waals surface area contributed by atoms with Gasteiger partial charge in [-0.05, 0) is 26.2 Å². The summed E-state index contributed by atoms with van der Waals surface area (Å²) in [5.41, 5.74) is 0.828. The molecule has 1 aromatic rings. The number of hydrogen-bond acceptors (Lipinski definition) is 5. The van der Waals surface area contributed by atoms with Crippen LogP contribution in [0, 0.1) is 6.92 Å². The molecule has 0 saturated carbocycles. The molecule has 0 unspecified atom stereocenters. The first kappa shape index (κ1) is 16.3. The van der Waals surface area contributed by atoms with E-state index in [1.165, 1.54) is 0 Å². The second kappa shape index (κ2) is 6.49. The number of aryl methyl sites for hydroxylation is 1. The summed E-state index contributed by atoms with van der Waals surface area (Å²) in [5, 5.41) is 7.17. The Balaban J connectivity index is 1.56. The SMILES string of the molecule is Cc1cc(CN2CC[C@@]3(C[C@H](NC(=O)N(C)C)CCO3)C2)no1. The number of likely N-dealkylation sites (tertiary alicyclic amines) is 1. The van der Waals surface area contributed by atoms with Gasteiger partial charge in [0.2, 0.25) is 0 Å². The van der Waals surface area contributed by atoms with Gasteiger partial charge in [-0.25, -0.2) is 4.79 Å². The van der Waals surface area contributed by atoms with E-state index < -0.39 is 0 Å². The summed E-state index contributed by atoms with van der Waals surface area (Å²) in [6.07, 6.45) is 2.75. The van der Waals surface area contributed by atoms with Gasteiger partial charge in [0.05, 0.1) is 11.3 Å². The number of carbonyl (C=O) groups is 1. The zero-order valence-electron chi connectivity index (χ0n) is 14.2. The topological polar surface area (TPSA) is 70.8 Å². The molecule has 7 nitrogen and oxygen atoms in total. The van der Waals surface area contributed by atoms with Gasteiger partial charge in [-0.15, -0.1) is 0 Å². The number of urea groups is 1. The van der Waals surface area contributed by atoms with Gasteiger partial charge < -0.3 is 19.5 Å². The van der Waals surface area contributed by atoms with Crippen molar-refractivity contribution in [3.63, 3.8) is 0 Å². The molecule has 0 bridgehead atoms. The van der Waals surface area contributed by atoms with Crippen molar-refractivity contribution < 1.29 is 14.1 Å². The van der Waals surface area contributed by atoms with Crippen LogP contribution in [0.4, 0.5) is 4.79 Å². The molecular formula is C16H26N4O3. The minimum atomic E-state index is -0.138. The molecule has 2 fully saturated rings. The van der Waals surface area contributed by atoms with E-state index in [4.69, 9.17) is 9.26 Å². The van der Waals surface area contributed by atoms with Crippen molar-refractivity contribution in [3.8, 4) is 0 Å². The highest BCUT2D eigenvalue weighted by molar-refractivity contribution is 5.73. The summed E-state index contributed by atoms with van der Waals surface area (Å²) < 4.78 is 11.3. The summed E-state index contributed by atoms with van der Waals surface area (Å²) in [5.74, 6) is 0.842. The number of hydrogen-bond donors (Lipinski definition) is 1. The van der Waals surface area contributed by atoms with Crippen LogP contribution in [-0.2, 0) is 11.3 Å². The van der Waals surface area contributed by atoms with E-state index in [2.05, 4.69) is 15.4 Å². The Labute approximate surface area is 136 Å². The van der Waals surface area contributed by atoms with Crippen molar-refractivity contribution in [1.82, 2.24) is 20.3 Å². The molecule has 2 saturated heterocycles. The number of nitrogens with one attached hydrogen (secondary N) is 1. The molecule has 3 heterocycles. The van der Waals surface area contributed by atoms with E-state index in [1.807, 2.05) is 13.0 Å². The van der Waals surface area contributed by atoms with Crippen LogP contribution in [0.1, 0.15) is 30.7 Å². The first-order valence-electron chi connectivity index (χ1n) is 8.22. The number of carbonyl (C=O) groups excluding carboxylic acids is 1.